The van der Waals surface area contributed by atoms with E-state index in [0.29, 0.717) is 0 Å². The summed E-state index contributed by atoms with van der Waals surface area (Å²) in [6, 6.07) is 10.2. The fourth-order valence-electron chi connectivity index (χ4n) is 1.33. The van der Waals surface area contributed by atoms with Gasteiger partial charge in [-0.15, -0.1) is 0 Å². The van der Waals surface area contributed by atoms with Crippen molar-refractivity contribution in [1.82, 2.24) is 0 Å². The molecule has 1 rings (SSSR count). The van der Waals surface area contributed by atoms with Crippen molar-refractivity contribution in [3.63, 3.8) is 0 Å². The van der Waals surface area contributed by atoms with E-state index in [1.807, 2.05) is 18.2 Å². The molecule has 0 aliphatic heterocycles. The predicted octanol–water partition coefficient (Wildman–Crippen LogP) is 2.99. The highest BCUT2D eigenvalue weighted by molar-refractivity contribution is 5.21. The van der Waals surface area contributed by atoms with Crippen LogP contribution in [0.1, 0.15) is 25.5 Å². The van der Waals surface area contributed by atoms with Crippen LogP contribution in [0.3, 0.4) is 0 Å². The van der Waals surface area contributed by atoms with E-state index in [1.54, 1.807) is 7.11 Å². The lowest BCUT2D eigenvalue weighted by Crippen LogP contribution is -2.06. The SMILES string of the molecule is COC([C](C)C)c1ccccc1. The standard InChI is InChI=1S/C11H15O/c1-9(2)11(12-3)10-7-5-4-6-8-10/h4-8,11H,1-3H3. The van der Waals surface area contributed by atoms with E-state index >= 15 is 0 Å². The van der Waals surface area contributed by atoms with Gasteiger partial charge in [0.15, 0.2) is 0 Å². The van der Waals surface area contributed by atoms with Crippen LogP contribution in [0.15, 0.2) is 30.3 Å². The monoisotopic (exact) mass is 163 g/mol. The molecular formula is C11H15O. The number of hydrogen-bond donors (Lipinski definition) is 0. The molecule has 0 aromatic heterocycles. The van der Waals surface area contributed by atoms with Gasteiger partial charge in [-0.3, -0.25) is 0 Å². The van der Waals surface area contributed by atoms with E-state index in [9.17, 15) is 0 Å². The molecule has 0 bridgehead atoms. The Kier molecular flexibility index (Phi) is 3.30. The van der Waals surface area contributed by atoms with Crippen LogP contribution < -0.4 is 0 Å². The van der Waals surface area contributed by atoms with Crippen LogP contribution in [0.5, 0.6) is 0 Å². The normalized spacial score (nSPS) is 13.3. The summed E-state index contributed by atoms with van der Waals surface area (Å²) in [5.74, 6) is 1.28. The first kappa shape index (κ1) is 9.27. The summed E-state index contributed by atoms with van der Waals surface area (Å²) in [5, 5.41) is 0. The molecule has 1 heteroatoms. The van der Waals surface area contributed by atoms with Gasteiger partial charge in [-0.25, -0.2) is 0 Å². The predicted molar refractivity (Wildman–Crippen MR) is 50.8 cm³/mol. The number of benzene rings is 1. The largest absolute Gasteiger partial charge is 0.376 e. The minimum Gasteiger partial charge on any atom is -0.376 e. The highest BCUT2D eigenvalue weighted by atomic mass is 16.5. The van der Waals surface area contributed by atoms with Crippen molar-refractivity contribution in [2.45, 2.75) is 20.0 Å². The first-order chi connectivity index (χ1) is 5.75. The van der Waals surface area contributed by atoms with Crippen molar-refractivity contribution in [3.8, 4) is 0 Å². The highest BCUT2D eigenvalue weighted by Gasteiger charge is 2.13. The van der Waals surface area contributed by atoms with Crippen LogP contribution in [0.25, 0.3) is 0 Å². The molecule has 1 aromatic rings. The molecule has 0 saturated carbocycles. The average molecular weight is 163 g/mol. The molecule has 1 aromatic carbocycles. The zero-order valence-corrected chi connectivity index (χ0v) is 7.87. The van der Waals surface area contributed by atoms with Gasteiger partial charge in [0.05, 0.1) is 6.10 Å². The molecule has 1 unspecified atom stereocenters. The molecular weight excluding hydrogens is 148 g/mol. The Labute approximate surface area is 74.4 Å². The highest BCUT2D eigenvalue weighted by Crippen LogP contribution is 2.25. The molecule has 0 N–H and O–H groups in total. The van der Waals surface area contributed by atoms with E-state index in [-0.39, 0.29) is 6.10 Å². The molecule has 12 heavy (non-hydrogen) atoms. The summed E-state index contributed by atoms with van der Waals surface area (Å²) >= 11 is 0. The van der Waals surface area contributed by atoms with Crippen molar-refractivity contribution in [2.75, 3.05) is 7.11 Å². The Balaban J connectivity index is 2.80. The van der Waals surface area contributed by atoms with Crippen LogP contribution in [-0.2, 0) is 4.74 Å². The first-order valence-electron chi connectivity index (χ1n) is 4.13. The topological polar surface area (TPSA) is 9.23 Å². The lowest BCUT2D eigenvalue weighted by molar-refractivity contribution is 0.115. The van der Waals surface area contributed by atoms with Gasteiger partial charge in [0.25, 0.3) is 0 Å². The van der Waals surface area contributed by atoms with Gasteiger partial charge < -0.3 is 4.74 Å². The van der Waals surface area contributed by atoms with Crippen molar-refractivity contribution >= 4 is 0 Å². The number of methoxy groups -OCH3 is 1. The van der Waals surface area contributed by atoms with Crippen molar-refractivity contribution in [2.24, 2.45) is 0 Å². The Morgan fingerprint density at radius 3 is 2.17 bits per heavy atom. The van der Waals surface area contributed by atoms with E-state index in [0.717, 1.165) is 0 Å². The Bertz CT molecular complexity index is 216. The van der Waals surface area contributed by atoms with Crippen molar-refractivity contribution in [1.29, 1.82) is 0 Å². The smallest absolute Gasteiger partial charge is 0.0878 e. The van der Waals surface area contributed by atoms with E-state index < -0.39 is 0 Å². The second-order valence-electron chi connectivity index (χ2n) is 3.10. The second-order valence-corrected chi connectivity index (χ2v) is 3.10. The summed E-state index contributed by atoms with van der Waals surface area (Å²) in [7, 11) is 1.74. The maximum absolute atomic E-state index is 5.36. The fraction of sp³-hybridized carbons (Fsp3) is 0.364. The average Bonchev–Trinajstić information content (AvgIpc) is 2.07. The Morgan fingerprint density at radius 2 is 1.75 bits per heavy atom. The summed E-state index contributed by atoms with van der Waals surface area (Å²) in [6.07, 6.45) is 0.145. The molecule has 1 atom stereocenters. The van der Waals surface area contributed by atoms with Gasteiger partial charge in [0.2, 0.25) is 0 Å². The maximum Gasteiger partial charge on any atom is 0.0878 e. The first-order valence-corrected chi connectivity index (χ1v) is 4.13. The summed E-state index contributed by atoms with van der Waals surface area (Å²) in [6.45, 7) is 4.17. The van der Waals surface area contributed by atoms with Gasteiger partial charge in [0.1, 0.15) is 0 Å². The molecule has 0 aliphatic rings. The summed E-state index contributed by atoms with van der Waals surface area (Å²) in [4.78, 5) is 0. The maximum atomic E-state index is 5.36. The molecule has 0 heterocycles. The van der Waals surface area contributed by atoms with Gasteiger partial charge in [-0.05, 0) is 5.56 Å². The lowest BCUT2D eigenvalue weighted by Gasteiger charge is -2.18. The van der Waals surface area contributed by atoms with Crippen LogP contribution in [0, 0.1) is 5.92 Å². The molecule has 0 saturated heterocycles. The zero-order chi connectivity index (χ0) is 8.97. The minimum atomic E-state index is 0.145. The third-order valence-electron chi connectivity index (χ3n) is 1.86. The molecule has 0 spiro atoms. The van der Waals surface area contributed by atoms with Gasteiger partial charge in [-0.2, -0.15) is 0 Å². The fourth-order valence-corrected chi connectivity index (χ4v) is 1.33. The summed E-state index contributed by atoms with van der Waals surface area (Å²) < 4.78 is 5.36. The lowest BCUT2D eigenvalue weighted by atomic mass is 9.99. The van der Waals surface area contributed by atoms with Gasteiger partial charge in [0, 0.05) is 13.0 Å². The van der Waals surface area contributed by atoms with E-state index in [2.05, 4.69) is 26.0 Å². The Hall–Kier alpha value is -0.820. The molecule has 1 nitrogen and oxygen atoms in total. The van der Waals surface area contributed by atoms with Crippen LogP contribution in [0.2, 0.25) is 0 Å². The number of hydrogen-bond acceptors (Lipinski definition) is 1. The quantitative estimate of drug-likeness (QED) is 0.665. The summed E-state index contributed by atoms with van der Waals surface area (Å²) in [5.41, 5.74) is 1.22. The van der Waals surface area contributed by atoms with Crippen LogP contribution >= 0.6 is 0 Å². The van der Waals surface area contributed by atoms with Gasteiger partial charge >= 0.3 is 0 Å². The molecule has 0 fully saturated rings. The van der Waals surface area contributed by atoms with E-state index in [1.165, 1.54) is 11.5 Å². The van der Waals surface area contributed by atoms with Crippen molar-refractivity contribution in [3.05, 3.63) is 41.8 Å². The number of ether oxygens (including phenoxy) is 1. The number of rotatable bonds is 3. The van der Waals surface area contributed by atoms with Gasteiger partial charge in [-0.1, -0.05) is 44.2 Å². The third-order valence-corrected chi connectivity index (χ3v) is 1.86. The molecule has 65 valence electrons. The molecule has 0 amide bonds. The second kappa shape index (κ2) is 4.27. The van der Waals surface area contributed by atoms with Crippen LogP contribution in [-0.4, -0.2) is 7.11 Å². The van der Waals surface area contributed by atoms with Crippen LogP contribution in [0.4, 0.5) is 0 Å². The third kappa shape index (κ3) is 2.08. The molecule has 0 aliphatic carbocycles. The Morgan fingerprint density at radius 1 is 1.17 bits per heavy atom. The zero-order valence-electron chi connectivity index (χ0n) is 7.87. The van der Waals surface area contributed by atoms with E-state index in [4.69, 9.17) is 4.74 Å². The van der Waals surface area contributed by atoms with Crippen molar-refractivity contribution < 1.29 is 4.74 Å². The molecule has 1 radical (unpaired) electrons. The minimum absolute atomic E-state index is 0.145.